The number of hydrogen-bond acceptors (Lipinski definition) is 7. The number of amides is 2. The highest BCUT2D eigenvalue weighted by Crippen LogP contribution is 2.29. The van der Waals surface area contributed by atoms with Crippen LogP contribution in [0.5, 0.6) is 0 Å². The predicted octanol–water partition coefficient (Wildman–Crippen LogP) is 4.05. The van der Waals surface area contributed by atoms with Crippen LogP contribution >= 0.6 is 11.6 Å². The zero-order chi connectivity index (χ0) is 24.2. The minimum Gasteiger partial charge on any atom is -0.343 e. The van der Waals surface area contributed by atoms with Gasteiger partial charge in [0, 0.05) is 30.5 Å². The standard InChI is InChI=1S/C24H29ClN6O3/c1-14(15-6-4-3-5-7-15)31(26)23(33)16-8-10-18(25)20(12-16)29-22(32)19-11-9-17-13-27-24(34-2)30-21(17)28-19/h8-15,24H,3-7,26H2,1-2H3,(H,28,30)(H,29,32). The number of hydrogen-bond donors (Lipinski definition) is 3. The molecule has 2 heterocycles. The van der Waals surface area contributed by atoms with Gasteiger partial charge in [0.15, 0.2) is 0 Å². The van der Waals surface area contributed by atoms with Crippen LogP contribution in [-0.2, 0) is 4.74 Å². The van der Waals surface area contributed by atoms with Gasteiger partial charge < -0.3 is 15.4 Å². The third-order valence-corrected chi connectivity index (χ3v) is 6.79. The van der Waals surface area contributed by atoms with E-state index in [4.69, 9.17) is 22.2 Å². The average molecular weight is 485 g/mol. The van der Waals surface area contributed by atoms with Crippen LogP contribution in [0.25, 0.3) is 0 Å². The number of carbonyl (C=O) groups is 2. The number of aliphatic imine (C=N–C) groups is 1. The van der Waals surface area contributed by atoms with Crippen LogP contribution in [0.1, 0.15) is 65.4 Å². The Bertz CT molecular complexity index is 1100. The molecule has 4 N–H and O–H groups in total. The lowest BCUT2D eigenvalue weighted by Crippen LogP contribution is -2.48. The number of rotatable bonds is 6. The molecule has 1 saturated carbocycles. The average Bonchev–Trinajstić information content (AvgIpc) is 2.88. The summed E-state index contributed by atoms with van der Waals surface area (Å²) in [6.45, 7) is 1.99. The third kappa shape index (κ3) is 5.22. The molecule has 180 valence electrons. The Balaban J connectivity index is 1.48. The molecule has 2 atom stereocenters. The number of anilines is 2. The van der Waals surface area contributed by atoms with Gasteiger partial charge in [0.2, 0.25) is 6.35 Å². The summed E-state index contributed by atoms with van der Waals surface area (Å²) in [4.78, 5) is 34.5. The maximum Gasteiger partial charge on any atom is 0.274 e. The number of hydrazine groups is 1. The second kappa shape index (κ2) is 10.5. The zero-order valence-corrected chi connectivity index (χ0v) is 20.0. The van der Waals surface area contributed by atoms with Gasteiger partial charge in [-0.2, -0.15) is 0 Å². The predicted molar refractivity (Wildman–Crippen MR) is 132 cm³/mol. The summed E-state index contributed by atoms with van der Waals surface area (Å²) in [6.07, 6.45) is 6.78. The molecule has 2 unspecified atom stereocenters. The minimum absolute atomic E-state index is 0.0758. The van der Waals surface area contributed by atoms with Crippen molar-refractivity contribution in [3.05, 3.63) is 52.2 Å². The van der Waals surface area contributed by atoms with E-state index >= 15 is 0 Å². The first kappa shape index (κ1) is 24.1. The van der Waals surface area contributed by atoms with E-state index in [-0.39, 0.29) is 17.6 Å². The van der Waals surface area contributed by atoms with Crippen LogP contribution < -0.4 is 16.5 Å². The van der Waals surface area contributed by atoms with Gasteiger partial charge in [0.25, 0.3) is 11.8 Å². The molecular weight excluding hydrogens is 456 g/mol. The van der Waals surface area contributed by atoms with Crippen molar-refractivity contribution in [2.24, 2.45) is 16.8 Å². The maximum absolute atomic E-state index is 13.1. The lowest BCUT2D eigenvalue weighted by atomic mass is 9.84. The molecule has 10 heteroatoms. The van der Waals surface area contributed by atoms with Crippen molar-refractivity contribution in [2.45, 2.75) is 51.4 Å². The molecule has 1 fully saturated rings. The third-order valence-electron chi connectivity index (χ3n) is 6.46. The number of ether oxygens (including phenoxy) is 1. The maximum atomic E-state index is 13.1. The molecule has 4 rings (SSSR count). The van der Waals surface area contributed by atoms with E-state index in [0.717, 1.165) is 18.4 Å². The van der Waals surface area contributed by atoms with E-state index in [2.05, 4.69) is 20.6 Å². The highest BCUT2D eigenvalue weighted by molar-refractivity contribution is 6.34. The van der Waals surface area contributed by atoms with Gasteiger partial charge in [0.1, 0.15) is 11.5 Å². The van der Waals surface area contributed by atoms with Gasteiger partial charge >= 0.3 is 0 Å². The summed E-state index contributed by atoms with van der Waals surface area (Å²) < 4.78 is 5.16. The van der Waals surface area contributed by atoms with E-state index in [0.29, 0.717) is 28.0 Å². The monoisotopic (exact) mass is 484 g/mol. The number of nitrogens with two attached hydrogens (primary N) is 1. The summed E-state index contributed by atoms with van der Waals surface area (Å²) in [5, 5.41) is 7.34. The number of pyridine rings is 1. The molecule has 2 amide bonds. The number of aromatic nitrogens is 1. The quantitative estimate of drug-likeness (QED) is 0.323. The molecule has 0 bridgehead atoms. The number of nitrogens with one attached hydrogen (secondary N) is 2. The highest BCUT2D eigenvalue weighted by atomic mass is 35.5. The summed E-state index contributed by atoms with van der Waals surface area (Å²) in [6, 6.07) is 7.98. The van der Waals surface area contributed by atoms with Crippen molar-refractivity contribution in [1.29, 1.82) is 0 Å². The first-order chi connectivity index (χ1) is 16.4. The smallest absolute Gasteiger partial charge is 0.274 e. The van der Waals surface area contributed by atoms with Crippen LogP contribution in [0.4, 0.5) is 11.5 Å². The second-order valence-corrected chi connectivity index (χ2v) is 9.05. The fourth-order valence-corrected chi connectivity index (χ4v) is 4.52. The Labute approximate surface area is 203 Å². The van der Waals surface area contributed by atoms with Crippen molar-refractivity contribution >= 4 is 41.1 Å². The SMILES string of the molecule is COC1N=Cc2ccc(C(=O)Nc3cc(C(=O)N(N)C(C)C4CCCCC4)ccc3Cl)nc2N1. The summed E-state index contributed by atoms with van der Waals surface area (Å²) in [7, 11) is 1.52. The van der Waals surface area contributed by atoms with E-state index < -0.39 is 12.3 Å². The molecule has 2 aliphatic rings. The van der Waals surface area contributed by atoms with Gasteiger partial charge in [-0.3, -0.25) is 14.6 Å². The van der Waals surface area contributed by atoms with Crippen LogP contribution in [-0.4, -0.2) is 47.5 Å². The van der Waals surface area contributed by atoms with Crippen molar-refractivity contribution in [1.82, 2.24) is 9.99 Å². The van der Waals surface area contributed by atoms with E-state index in [9.17, 15) is 9.59 Å². The zero-order valence-electron chi connectivity index (χ0n) is 19.3. The molecule has 1 aromatic heterocycles. The Kier molecular flexibility index (Phi) is 7.45. The number of benzene rings is 1. The Morgan fingerprint density at radius 3 is 2.74 bits per heavy atom. The molecule has 9 nitrogen and oxygen atoms in total. The van der Waals surface area contributed by atoms with E-state index in [1.54, 1.807) is 36.5 Å². The molecule has 0 saturated heterocycles. The number of methoxy groups -OCH3 is 1. The number of carbonyl (C=O) groups excluding carboxylic acids is 2. The van der Waals surface area contributed by atoms with Gasteiger partial charge in [-0.15, -0.1) is 0 Å². The molecule has 1 aromatic carbocycles. The fraction of sp³-hybridized carbons (Fsp3) is 0.417. The van der Waals surface area contributed by atoms with Crippen molar-refractivity contribution in [3.8, 4) is 0 Å². The molecular formula is C24H29ClN6O3. The first-order valence-electron chi connectivity index (χ1n) is 11.4. The van der Waals surface area contributed by atoms with Crippen molar-refractivity contribution < 1.29 is 14.3 Å². The first-order valence-corrected chi connectivity index (χ1v) is 11.8. The number of nitrogens with zero attached hydrogens (tertiary/aromatic N) is 3. The summed E-state index contributed by atoms with van der Waals surface area (Å²) in [5.41, 5.74) is 1.57. The van der Waals surface area contributed by atoms with Crippen molar-refractivity contribution in [2.75, 3.05) is 17.7 Å². The van der Waals surface area contributed by atoms with Crippen LogP contribution in [0.3, 0.4) is 0 Å². The highest BCUT2D eigenvalue weighted by Gasteiger charge is 2.28. The Morgan fingerprint density at radius 1 is 1.24 bits per heavy atom. The molecule has 0 radical (unpaired) electrons. The van der Waals surface area contributed by atoms with Gasteiger partial charge in [-0.1, -0.05) is 30.9 Å². The normalized spacial score (nSPS) is 18.5. The Morgan fingerprint density at radius 2 is 2.00 bits per heavy atom. The molecule has 1 aliphatic heterocycles. The van der Waals surface area contributed by atoms with Crippen LogP contribution in [0.2, 0.25) is 5.02 Å². The minimum atomic E-state index is -0.564. The van der Waals surface area contributed by atoms with Gasteiger partial charge in [-0.25, -0.2) is 15.8 Å². The van der Waals surface area contributed by atoms with Gasteiger partial charge in [-0.05, 0) is 56.0 Å². The van der Waals surface area contributed by atoms with Crippen LogP contribution in [0, 0.1) is 5.92 Å². The van der Waals surface area contributed by atoms with Crippen LogP contribution in [0.15, 0.2) is 35.3 Å². The molecule has 1 aliphatic carbocycles. The number of halogens is 1. The lowest BCUT2D eigenvalue weighted by molar-refractivity contribution is 0.0597. The largest absolute Gasteiger partial charge is 0.343 e. The fourth-order valence-electron chi connectivity index (χ4n) is 4.36. The molecule has 2 aromatic rings. The van der Waals surface area contributed by atoms with Gasteiger partial charge in [0.05, 0.1) is 10.7 Å². The van der Waals surface area contributed by atoms with E-state index in [1.165, 1.54) is 31.4 Å². The molecule has 0 spiro atoms. The van der Waals surface area contributed by atoms with E-state index in [1.807, 2.05) is 6.92 Å². The number of fused-ring (bicyclic) bond motifs is 1. The Hall–Kier alpha value is -3.01. The summed E-state index contributed by atoms with van der Waals surface area (Å²) in [5.74, 6) is 6.31. The lowest BCUT2D eigenvalue weighted by Gasteiger charge is -2.33. The van der Waals surface area contributed by atoms with Crippen molar-refractivity contribution in [3.63, 3.8) is 0 Å². The second-order valence-electron chi connectivity index (χ2n) is 8.64. The summed E-state index contributed by atoms with van der Waals surface area (Å²) >= 11 is 6.31. The molecule has 34 heavy (non-hydrogen) atoms. The topological polar surface area (TPSA) is 122 Å².